The Kier molecular flexibility index (Phi) is 4.52. The summed E-state index contributed by atoms with van der Waals surface area (Å²) in [5, 5.41) is 9.97. The van der Waals surface area contributed by atoms with Gasteiger partial charge in [0, 0.05) is 17.4 Å². The minimum atomic E-state index is -0.200. The first kappa shape index (κ1) is 13.3. The molecule has 1 aliphatic rings. The smallest absolute Gasteiger partial charge is 0.320 e. The van der Waals surface area contributed by atoms with E-state index in [1.807, 2.05) is 11.8 Å². The van der Waals surface area contributed by atoms with Crippen molar-refractivity contribution in [3.8, 4) is 0 Å². The number of carbonyl (C=O) groups is 1. The average molecular weight is 269 g/mol. The fourth-order valence-electron chi connectivity index (χ4n) is 2.29. The first-order valence-corrected chi connectivity index (χ1v) is 7.51. The second-order valence-corrected chi connectivity index (χ2v) is 5.66. The first-order valence-electron chi connectivity index (χ1n) is 6.22. The predicted molar refractivity (Wildman–Crippen MR) is 73.0 cm³/mol. The molecule has 0 saturated heterocycles. The summed E-state index contributed by atoms with van der Waals surface area (Å²) in [6, 6.07) is 1.75. The van der Waals surface area contributed by atoms with Gasteiger partial charge in [-0.15, -0.1) is 0 Å². The van der Waals surface area contributed by atoms with Crippen LogP contribution in [0.3, 0.4) is 0 Å². The number of amides is 2. The Balaban J connectivity index is 1.86. The van der Waals surface area contributed by atoms with Gasteiger partial charge in [0.25, 0.3) is 0 Å². The lowest BCUT2D eigenvalue weighted by atomic mass is 9.95. The summed E-state index contributed by atoms with van der Waals surface area (Å²) in [7, 11) is 0. The van der Waals surface area contributed by atoms with Gasteiger partial charge in [-0.3, -0.25) is 5.32 Å². The molecule has 0 aliphatic heterocycles. The van der Waals surface area contributed by atoms with Crippen molar-refractivity contribution >= 4 is 23.6 Å². The maximum atomic E-state index is 11.8. The minimum Gasteiger partial charge on any atom is -0.360 e. The molecule has 1 saturated carbocycles. The first-order chi connectivity index (χ1) is 8.69. The lowest BCUT2D eigenvalue weighted by molar-refractivity contribution is 0.244. The monoisotopic (exact) mass is 269 g/mol. The van der Waals surface area contributed by atoms with Gasteiger partial charge >= 0.3 is 6.03 Å². The van der Waals surface area contributed by atoms with Gasteiger partial charge in [-0.25, -0.2) is 4.79 Å². The predicted octanol–water partition coefficient (Wildman–Crippen LogP) is 2.78. The normalized spacial score (nSPS) is 23.7. The fraction of sp³-hybridized carbons (Fsp3) is 0.667. The molecule has 5 nitrogen and oxygen atoms in total. The van der Waals surface area contributed by atoms with E-state index in [1.165, 1.54) is 19.3 Å². The summed E-state index contributed by atoms with van der Waals surface area (Å²) in [4.78, 5) is 11.8. The molecule has 0 aromatic carbocycles. The molecule has 2 rings (SSSR count). The second-order valence-electron chi connectivity index (χ2n) is 4.59. The Bertz CT molecular complexity index is 408. The summed E-state index contributed by atoms with van der Waals surface area (Å²) in [6.07, 6.45) is 6.77. The largest absolute Gasteiger partial charge is 0.360 e. The van der Waals surface area contributed by atoms with Crippen LogP contribution in [0.5, 0.6) is 0 Å². The Labute approximate surface area is 111 Å². The van der Waals surface area contributed by atoms with Crippen LogP contribution in [0, 0.1) is 6.92 Å². The molecule has 1 heterocycles. The van der Waals surface area contributed by atoms with Crippen molar-refractivity contribution < 1.29 is 9.32 Å². The molecule has 1 aromatic heterocycles. The Morgan fingerprint density at radius 1 is 1.50 bits per heavy atom. The summed E-state index contributed by atoms with van der Waals surface area (Å²) in [5.74, 6) is 1.14. The summed E-state index contributed by atoms with van der Waals surface area (Å²) >= 11 is 1.83. The van der Waals surface area contributed by atoms with Gasteiger partial charge in [0.1, 0.15) is 5.76 Å². The van der Waals surface area contributed by atoms with Crippen LogP contribution in [-0.2, 0) is 0 Å². The van der Waals surface area contributed by atoms with E-state index >= 15 is 0 Å². The van der Waals surface area contributed by atoms with Crippen molar-refractivity contribution in [3.05, 3.63) is 11.8 Å². The van der Waals surface area contributed by atoms with Crippen LogP contribution in [0.1, 0.15) is 31.4 Å². The van der Waals surface area contributed by atoms with Gasteiger partial charge in [-0.2, -0.15) is 11.8 Å². The molecular weight excluding hydrogens is 250 g/mol. The third-order valence-corrected chi connectivity index (χ3v) is 4.36. The zero-order valence-electron chi connectivity index (χ0n) is 10.7. The van der Waals surface area contributed by atoms with E-state index in [0.717, 1.165) is 6.42 Å². The zero-order chi connectivity index (χ0) is 13.0. The van der Waals surface area contributed by atoms with Crippen LogP contribution >= 0.6 is 11.8 Å². The van der Waals surface area contributed by atoms with E-state index < -0.39 is 0 Å². The van der Waals surface area contributed by atoms with E-state index in [1.54, 1.807) is 13.0 Å². The number of aromatic nitrogens is 1. The van der Waals surface area contributed by atoms with Crippen molar-refractivity contribution in [2.75, 3.05) is 11.6 Å². The van der Waals surface area contributed by atoms with E-state index in [0.29, 0.717) is 16.8 Å². The number of hydrogen-bond acceptors (Lipinski definition) is 4. The van der Waals surface area contributed by atoms with Gasteiger partial charge in [-0.05, 0) is 26.0 Å². The number of hydrogen-bond donors (Lipinski definition) is 2. The molecular formula is C12H19N3O2S. The molecule has 1 aliphatic carbocycles. The van der Waals surface area contributed by atoms with E-state index in [-0.39, 0.29) is 12.1 Å². The van der Waals surface area contributed by atoms with E-state index in [4.69, 9.17) is 4.52 Å². The number of nitrogens with one attached hydrogen (secondary N) is 2. The quantitative estimate of drug-likeness (QED) is 0.885. The highest BCUT2D eigenvalue weighted by molar-refractivity contribution is 7.99. The second kappa shape index (κ2) is 6.13. The van der Waals surface area contributed by atoms with Crippen LogP contribution in [-0.4, -0.2) is 28.7 Å². The van der Waals surface area contributed by atoms with Gasteiger partial charge in [0.15, 0.2) is 5.82 Å². The number of aryl methyl sites for hydroxylation is 1. The molecule has 0 unspecified atom stereocenters. The molecule has 18 heavy (non-hydrogen) atoms. The maximum Gasteiger partial charge on any atom is 0.320 e. The maximum absolute atomic E-state index is 11.8. The molecule has 1 fully saturated rings. The van der Waals surface area contributed by atoms with Gasteiger partial charge in [0.2, 0.25) is 0 Å². The van der Waals surface area contributed by atoms with Crippen LogP contribution in [0.2, 0.25) is 0 Å². The number of anilines is 1. The molecule has 2 amide bonds. The lowest BCUT2D eigenvalue weighted by Gasteiger charge is -2.30. The van der Waals surface area contributed by atoms with Gasteiger partial charge in [0.05, 0.1) is 0 Å². The molecule has 2 N–H and O–H groups in total. The number of carbonyl (C=O) groups excluding carboxylic acids is 1. The number of thioether (sulfide) groups is 1. The minimum absolute atomic E-state index is 0.200. The van der Waals surface area contributed by atoms with Gasteiger partial charge in [-0.1, -0.05) is 18.0 Å². The zero-order valence-corrected chi connectivity index (χ0v) is 11.5. The van der Waals surface area contributed by atoms with Gasteiger partial charge < -0.3 is 9.84 Å². The fourth-order valence-corrected chi connectivity index (χ4v) is 3.23. The molecule has 6 heteroatoms. The summed E-state index contributed by atoms with van der Waals surface area (Å²) in [5.41, 5.74) is 0. The summed E-state index contributed by atoms with van der Waals surface area (Å²) < 4.78 is 4.90. The van der Waals surface area contributed by atoms with Crippen molar-refractivity contribution in [1.29, 1.82) is 0 Å². The highest BCUT2D eigenvalue weighted by Crippen LogP contribution is 2.27. The van der Waals surface area contributed by atoms with Crippen LogP contribution < -0.4 is 10.6 Å². The Morgan fingerprint density at radius 2 is 2.28 bits per heavy atom. The molecule has 1 aromatic rings. The number of nitrogens with zero attached hydrogens (tertiary/aromatic N) is 1. The van der Waals surface area contributed by atoms with Crippen molar-refractivity contribution in [1.82, 2.24) is 10.5 Å². The van der Waals surface area contributed by atoms with Crippen molar-refractivity contribution in [2.24, 2.45) is 0 Å². The standard InChI is InChI=1S/C12H19N3O2S/c1-8-7-11(15-17-8)14-12(16)13-9-5-3-4-6-10(9)18-2/h7,9-10H,3-6H2,1-2H3,(H2,13,14,15,16)/t9-,10-/m0/s1. The Morgan fingerprint density at radius 3 is 2.94 bits per heavy atom. The van der Waals surface area contributed by atoms with Crippen LogP contribution in [0.4, 0.5) is 10.6 Å². The van der Waals surface area contributed by atoms with Crippen molar-refractivity contribution in [3.63, 3.8) is 0 Å². The SMILES string of the molecule is CS[C@H]1CCCC[C@@H]1NC(=O)Nc1cc(C)on1. The molecule has 100 valence electrons. The van der Waals surface area contributed by atoms with E-state index in [2.05, 4.69) is 22.0 Å². The number of rotatable bonds is 3. The topological polar surface area (TPSA) is 67.2 Å². The third-order valence-electron chi connectivity index (χ3n) is 3.19. The highest BCUT2D eigenvalue weighted by atomic mass is 32.2. The third kappa shape index (κ3) is 3.41. The highest BCUT2D eigenvalue weighted by Gasteiger charge is 2.25. The summed E-state index contributed by atoms with van der Waals surface area (Å²) in [6.45, 7) is 1.79. The lowest BCUT2D eigenvalue weighted by Crippen LogP contribution is -2.45. The Hall–Kier alpha value is -1.17. The molecule has 0 bridgehead atoms. The van der Waals surface area contributed by atoms with Crippen LogP contribution in [0.25, 0.3) is 0 Å². The molecule has 0 spiro atoms. The molecule has 0 radical (unpaired) electrons. The van der Waals surface area contributed by atoms with Crippen LogP contribution in [0.15, 0.2) is 10.6 Å². The molecule has 2 atom stereocenters. The average Bonchev–Trinajstić information content (AvgIpc) is 2.75. The van der Waals surface area contributed by atoms with E-state index in [9.17, 15) is 4.79 Å². The van der Waals surface area contributed by atoms with Crippen molar-refractivity contribution in [2.45, 2.75) is 43.9 Å². The number of urea groups is 1.